The highest BCUT2D eigenvalue weighted by Gasteiger charge is 2.26. The maximum Gasteiger partial charge on any atom is 0.142 e. The Morgan fingerprint density at radius 1 is 1.12 bits per heavy atom. The second kappa shape index (κ2) is 6.42. The van der Waals surface area contributed by atoms with E-state index in [0.29, 0.717) is 5.92 Å². The Labute approximate surface area is 145 Å². The Morgan fingerprint density at radius 3 is 2.62 bits per heavy atom. The molecule has 1 aromatic carbocycles. The van der Waals surface area contributed by atoms with Gasteiger partial charge in [-0.3, -0.25) is 0 Å². The Hall–Kier alpha value is -2.11. The quantitative estimate of drug-likeness (QED) is 0.764. The van der Waals surface area contributed by atoms with Crippen molar-refractivity contribution in [2.24, 2.45) is 11.7 Å². The molecule has 0 bridgehead atoms. The second-order valence-corrected chi connectivity index (χ2v) is 6.78. The molecule has 3 heterocycles. The summed E-state index contributed by atoms with van der Waals surface area (Å²) < 4.78 is 0. The third-order valence-electron chi connectivity index (χ3n) is 4.93. The molecule has 0 radical (unpaired) electrons. The molecule has 2 aromatic heterocycles. The summed E-state index contributed by atoms with van der Waals surface area (Å²) in [6.45, 7) is 1.92. The highest BCUT2D eigenvalue weighted by Crippen LogP contribution is 2.32. The van der Waals surface area contributed by atoms with E-state index in [0.717, 1.165) is 53.4 Å². The number of aromatic nitrogens is 3. The molecule has 0 aliphatic carbocycles. The molecule has 1 atom stereocenters. The van der Waals surface area contributed by atoms with E-state index in [1.165, 1.54) is 0 Å². The smallest absolute Gasteiger partial charge is 0.142 e. The van der Waals surface area contributed by atoms with E-state index in [1.807, 2.05) is 36.5 Å². The van der Waals surface area contributed by atoms with E-state index in [1.54, 1.807) is 6.33 Å². The summed E-state index contributed by atoms with van der Waals surface area (Å²) in [5, 5.41) is 1.83. The minimum Gasteiger partial charge on any atom is -0.356 e. The number of piperidine rings is 1. The van der Waals surface area contributed by atoms with Gasteiger partial charge in [-0.2, -0.15) is 0 Å². The Balaban J connectivity index is 1.47. The lowest BCUT2D eigenvalue weighted by Gasteiger charge is -2.35. The van der Waals surface area contributed by atoms with Crippen LogP contribution in [0.15, 0.2) is 42.9 Å². The van der Waals surface area contributed by atoms with Crippen molar-refractivity contribution in [1.82, 2.24) is 15.0 Å². The van der Waals surface area contributed by atoms with Crippen molar-refractivity contribution in [3.8, 4) is 0 Å². The molecule has 1 fully saturated rings. The number of fused-ring (bicyclic) bond motifs is 1. The molecule has 6 heteroatoms. The van der Waals surface area contributed by atoms with Crippen molar-refractivity contribution >= 4 is 28.5 Å². The first kappa shape index (κ1) is 15.4. The summed E-state index contributed by atoms with van der Waals surface area (Å²) in [6, 6.07) is 9.99. The Morgan fingerprint density at radius 2 is 1.88 bits per heavy atom. The molecule has 1 saturated heterocycles. The van der Waals surface area contributed by atoms with Gasteiger partial charge in [0.05, 0.1) is 5.39 Å². The summed E-state index contributed by atoms with van der Waals surface area (Å²) in [7, 11) is 0. The Kier molecular flexibility index (Phi) is 4.12. The third kappa shape index (κ3) is 2.85. The van der Waals surface area contributed by atoms with Crippen molar-refractivity contribution in [2.75, 3.05) is 18.0 Å². The predicted octanol–water partition coefficient (Wildman–Crippen LogP) is 3.53. The van der Waals surface area contributed by atoms with Crippen LogP contribution in [-0.2, 0) is 0 Å². The van der Waals surface area contributed by atoms with E-state index >= 15 is 0 Å². The number of nitrogens with one attached hydrogen (secondary N) is 1. The standard InChI is InChI=1S/C18H20ClN5/c19-14-3-1-12(2-4-14)16(20)13-6-9-24(10-7-13)18-15-5-8-21-17(15)22-11-23-18/h1-5,8,11,13,16H,6-7,9-10,20H2,(H,21,22,23)/t16-/m1/s1. The average Bonchev–Trinajstić information content (AvgIpc) is 3.11. The molecule has 0 unspecified atom stereocenters. The number of nitrogens with zero attached hydrogens (tertiary/aromatic N) is 3. The summed E-state index contributed by atoms with van der Waals surface area (Å²) in [6.07, 6.45) is 5.64. The molecule has 3 aromatic rings. The van der Waals surface area contributed by atoms with Crippen LogP contribution in [0.1, 0.15) is 24.4 Å². The van der Waals surface area contributed by atoms with Crippen molar-refractivity contribution in [3.63, 3.8) is 0 Å². The monoisotopic (exact) mass is 341 g/mol. The fraction of sp³-hybridized carbons (Fsp3) is 0.333. The lowest BCUT2D eigenvalue weighted by Crippen LogP contribution is -2.38. The number of aromatic amines is 1. The highest BCUT2D eigenvalue weighted by molar-refractivity contribution is 6.30. The van der Waals surface area contributed by atoms with Crippen LogP contribution in [0.25, 0.3) is 11.0 Å². The van der Waals surface area contributed by atoms with Gasteiger partial charge in [0.2, 0.25) is 0 Å². The zero-order valence-corrected chi connectivity index (χ0v) is 14.1. The first-order chi connectivity index (χ1) is 11.7. The van der Waals surface area contributed by atoms with E-state index in [9.17, 15) is 0 Å². The van der Waals surface area contributed by atoms with Crippen molar-refractivity contribution in [3.05, 3.63) is 53.4 Å². The zero-order valence-electron chi connectivity index (χ0n) is 13.3. The largest absolute Gasteiger partial charge is 0.356 e. The molecule has 124 valence electrons. The molecule has 1 aliphatic rings. The van der Waals surface area contributed by atoms with Crippen LogP contribution >= 0.6 is 11.6 Å². The van der Waals surface area contributed by atoms with E-state index < -0.39 is 0 Å². The SMILES string of the molecule is N[C@H](c1ccc(Cl)cc1)C1CCN(c2ncnc3[nH]ccc23)CC1. The molecular weight excluding hydrogens is 322 g/mol. The van der Waals surface area contributed by atoms with E-state index in [2.05, 4.69) is 19.9 Å². The van der Waals surface area contributed by atoms with Gasteiger partial charge in [-0.25, -0.2) is 9.97 Å². The van der Waals surface area contributed by atoms with Gasteiger partial charge in [-0.05, 0) is 42.5 Å². The van der Waals surface area contributed by atoms with Crippen LogP contribution in [0.2, 0.25) is 5.02 Å². The third-order valence-corrected chi connectivity index (χ3v) is 5.19. The number of anilines is 1. The van der Waals surface area contributed by atoms with Gasteiger partial charge in [0.25, 0.3) is 0 Å². The minimum absolute atomic E-state index is 0.0575. The fourth-order valence-corrected chi connectivity index (χ4v) is 3.66. The maximum absolute atomic E-state index is 6.49. The van der Waals surface area contributed by atoms with E-state index in [-0.39, 0.29) is 6.04 Å². The summed E-state index contributed by atoms with van der Waals surface area (Å²) >= 11 is 5.97. The number of benzene rings is 1. The topological polar surface area (TPSA) is 70.8 Å². The lowest BCUT2D eigenvalue weighted by atomic mass is 9.86. The molecule has 4 rings (SSSR count). The van der Waals surface area contributed by atoms with Crippen molar-refractivity contribution in [2.45, 2.75) is 18.9 Å². The predicted molar refractivity (Wildman–Crippen MR) is 97.2 cm³/mol. The fourth-order valence-electron chi connectivity index (χ4n) is 3.54. The van der Waals surface area contributed by atoms with Gasteiger partial charge < -0.3 is 15.6 Å². The van der Waals surface area contributed by atoms with Gasteiger partial charge in [0, 0.05) is 30.4 Å². The van der Waals surface area contributed by atoms with Gasteiger partial charge in [-0.1, -0.05) is 23.7 Å². The molecule has 24 heavy (non-hydrogen) atoms. The van der Waals surface area contributed by atoms with Crippen molar-refractivity contribution < 1.29 is 0 Å². The number of hydrogen-bond acceptors (Lipinski definition) is 4. The number of rotatable bonds is 3. The molecule has 5 nitrogen and oxygen atoms in total. The van der Waals surface area contributed by atoms with Gasteiger partial charge in [0.1, 0.15) is 17.8 Å². The number of nitrogens with two attached hydrogens (primary N) is 1. The molecular formula is C18H20ClN5. The van der Waals surface area contributed by atoms with Crippen LogP contribution in [-0.4, -0.2) is 28.0 Å². The number of H-pyrrole nitrogens is 1. The summed E-state index contributed by atoms with van der Waals surface area (Å²) in [4.78, 5) is 14.2. The maximum atomic E-state index is 6.49. The van der Waals surface area contributed by atoms with E-state index in [4.69, 9.17) is 17.3 Å². The first-order valence-electron chi connectivity index (χ1n) is 8.26. The second-order valence-electron chi connectivity index (χ2n) is 6.34. The highest BCUT2D eigenvalue weighted by atomic mass is 35.5. The van der Waals surface area contributed by atoms with Crippen LogP contribution in [0.4, 0.5) is 5.82 Å². The molecule has 0 amide bonds. The minimum atomic E-state index is 0.0575. The molecule has 3 N–H and O–H groups in total. The van der Waals surface area contributed by atoms with Gasteiger partial charge >= 0.3 is 0 Å². The normalized spacial score (nSPS) is 17.3. The van der Waals surface area contributed by atoms with Crippen LogP contribution in [0.3, 0.4) is 0 Å². The zero-order chi connectivity index (χ0) is 16.5. The summed E-state index contributed by atoms with van der Waals surface area (Å²) in [5.41, 5.74) is 8.53. The van der Waals surface area contributed by atoms with Crippen LogP contribution in [0, 0.1) is 5.92 Å². The van der Waals surface area contributed by atoms with Crippen LogP contribution in [0.5, 0.6) is 0 Å². The van der Waals surface area contributed by atoms with Gasteiger partial charge in [-0.15, -0.1) is 0 Å². The van der Waals surface area contributed by atoms with Gasteiger partial charge in [0.15, 0.2) is 0 Å². The van der Waals surface area contributed by atoms with Crippen molar-refractivity contribution in [1.29, 1.82) is 0 Å². The Bertz CT molecular complexity index is 821. The number of halogens is 1. The molecule has 0 spiro atoms. The average molecular weight is 342 g/mol. The lowest BCUT2D eigenvalue weighted by molar-refractivity contribution is 0.344. The molecule has 1 aliphatic heterocycles. The first-order valence-corrected chi connectivity index (χ1v) is 8.64. The van der Waals surface area contributed by atoms with Crippen LogP contribution < -0.4 is 10.6 Å². The number of hydrogen-bond donors (Lipinski definition) is 2. The summed E-state index contributed by atoms with van der Waals surface area (Å²) in [5.74, 6) is 1.49. The molecule has 0 saturated carbocycles.